The Kier molecular flexibility index (Phi) is 7.47. The Hall–Kier alpha value is -3.24. The summed E-state index contributed by atoms with van der Waals surface area (Å²) in [6.07, 6.45) is 0. The maximum atomic E-state index is 13.1. The second-order valence-electron chi connectivity index (χ2n) is 5.18. The average Bonchev–Trinajstić information content (AvgIpc) is 2.63. The largest absolute Gasteiger partial charge is 0.647 e. The number of aliphatic carboxylic acids is 1. The number of phosphoric acid groups is 1. The molecule has 7 heteroatoms. The molecule has 6 nitrogen and oxygen atoms in total. The predicted molar refractivity (Wildman–Crippen MR) is 102 cm³/mol. The Labute approximate surface area is 157 Å². The zero-order valence-electron chi connectivity index (χ0n) is 14.6. The fourth-order valence-electron chi connectivity index (χ4n) is 1.89. The number of para-hydroxylation sites is 3. The Bertz CT molecular complexity index is 757. The number of carboxylic acids is 1. The second kappa shape index (κ2) is 10.0. The van der Waals surface area contributed by atoms with Crippen LogP contribution in [0.2, 0.25) is 0 Å². The van der Waals surface area contributed by atoms with E-state index in [2.05, 4.69) is 0 Å². The highest BCUT2D eigenvalue weighted by Crippen LogP contribution is 2.49. The van der Waals surface area contributed by atoms with Crippen LogP contribution in [-0.4, -0.2) is 11.1 Å². The van der Waals surface area contributed by atoms with Gasteiger partial charge >= 0.3 is 7.82 Å². The van der Waals surface area contributed by atoms with E-state index < -0.39 is 13.8 Å². The molecule has 0 heterocycles. The van der Waals surface area contributed by atoms with Crippen LogP contribution < -0.4 is 13.6 Å². The number of rotatable bonds is 6. The number of benzene rings is 3. The van der Waals surface area contributed by atoms with Crippen LogP contribution in [-0.2, 0) is 9.36 Å². The van der Waals surface area contributed by atoms with E-state index in [1.54, 1.807) is 72.8 Å². The van der Waals surface area contributed by atoms with Gasteiger partial charge in [0.25, 0.3) is 5.97 Å². The van der Waals surface area contributed by atoms with Gasteiger partial charge in [0, 0.05) is 6.92 Å². The van der Waals surface area contributed by atoms with Crippen molar-refractivity contribution >= 4 is 13.8 Å². The molecule has 0 saturated heterocycles. The molecule has 0 amide bonds. The molecule has 0 spiro atoms. The van der Waals surface area contributed by atoms with Crippen LogP contribution in [0.5, 0.6) is 17.2 Å². The Balaban J connectivity index is 0.000000596. The Morgan fingerprint density at radius 3 is 1.11 bits per heavy atom. The van der Waals surface area contributed by atoms with Crippen LogP contribution in [0, 0.1) is 0 Å². The lowest BCUT2D eigenvalue weighted by atomic mass is 10.3. The van der Waals surface area contributed by atoms with Gasteiger partial charge in [-0.05, 0) is 36.4 Å². The third-order valence-electron chi connectivity index (χ3n) is 2.88. The monoisotopic (exact) mass is 386 g/mol. The lowest BCUT2D eigenvalue weighted by Crippen LogP contribution is -2.07. The third kappa shape index (κ3) is 7.67. The summed E-state index contributed by atoms with van der Waals surface area (Å²) in [4.78, 5) is 9.00. The van der Waals surface area contributed by atoms with Gasteiger partial charge in [0.1, 0.15) is 17.2 Å². The molecule has 3 rings (SSSR count). The van der Waals surface area contributed by atoms with Crippen LogP contribution in [0.1, 0.15) is 6.92 Å². The molecule has 1 N–H and O–H groups in total. The van der Waals surface area contributed by atoms with Gasteiger partial charge in [0.2, 0.25) is 0 Å². The SMILES string of the molecule is CC(=O)O.O=P(Oc1ccccc1)(Oc1ccccc1)Oc1ccccc1. The van der Waals surface area contributed by atoms with E-state index in [1.165, 1.54) is 0 Å². The summed E-state index contributed by atoms with van der Waals surface area (Å²) < 4.78 is 29.6. The molecule has 0 radical (unpaired) electrons. The van der Waals surface area contributed by atoms with E-state index in [0.717, 1.165) is 6.92 Å². The molecule has 0 unspecified atom stereocenters. The minimum absolute atomic E-state index is 0.405. The van der Waals surface area contributed by atoms with E-state index in [4.69, 9.17) is 23.5 Å². The smallest absolute Gasteiger partial charge is 0.481 e. The fraction of sp³-hybridized carbons (Fsp3) is 0.0500. The van der Waals surface area contributed by atoms with Crippen LogP contribution in [0.25, 0.3) is 0 Å². The molecule has 0 fully saturated rings. The summed E-state index contributed by atoms with van der Waals surface area (Å²) in [5.41, 5.74) is 0. The first-order valence-electron chi connectivity index (χ1n) is 8.00. The van der Waals surface area contributed by atoms with Gasteiger partial charge in [0.05, 0.1) is 0 Å². The van der Waals surface area contributed by atoms with Crippen LogP contribution in [0.4, 0.5) is 0 Å². The molecule has 140 valence electrons. The molecule has 0 aliphatic carbocycles. The predicted octanol–water partition coefficient (Wildman–Crippen LogP) is 5.42. The van der Waals surface area contributed by atoms with Crippen molar-refractivity contribution in [3.05, 3.63) is 91.0 Å². The highest BCUT2D eigenvalue weighted by molar-refractivity contribution is 7.49. The summed E-state index contributed by atoms with van der Waals surface area (Å²) in [5, 5.41) is 7.42. The quantitative estimate of drug-likeness (QED) is 0.570. The van der Waals surface area contributed by atoms with E-state index in [-0.39, 0.29) is 0 Å². The van der Waals surface area contributed by atoms with Crippen molar-refractivity contribution < 1.29 is 28.0 Å². The molecule has 3 aromatic carbocycles. The second-order valence-corrected chi connectivity index (χ2v) is 6.62. The van der Waals surface area contributed by atoms with Crippen molar-refractivity contribution in [2.75, 3.05) is 0 Å². The minimum Gasteiger partial charge on any atom is -0.481 e. The van der Waals surface area contributed by atoms with Gasteiger partial charge in [-0.25, -0.2) is 0 Å². The number of hydrogen-bond donors (Lipinski definition) is 1. The van der Waals surface area contributed by atoms with Gasteiger partial charge in [0.15, 0.2) is 0 Å². The van der Waals surface area contributed by atoms with Crippen molar-refractivity contribution in [3.63, 3.8) is 0 Å². The zero-order chi connectivity index (χ0) is 19.5. The molecule has 0 aromatic heterocycles. The molecule has 3 aromatic rings. The van der Waals surface area contributed by atoms with Gasteiger partial charge < -0.3 is 18.7 Å². The lowest BCUT2D eigenvalue weighted by molar-refractivity contribution is -0.134. The first kappa shape index (κ1) is 20.1. The maximum absolute atomic E-state index is 13.1. The van der Waals surface area contributed by atoms with Crippen LogP contribution in [0.15, 0.2) is 91.0 Å². The van der Waals surface area contributed by atoms with Crippen LogP contribution in [0.3, 0.4) is 0 Å². The van der Waals surface area contributed by atoms with Gasteiger partial charge in [-0.1, -0.05) is 54.6 Å². The number of phosphoric ester groups is 1. The van der Waals surface area contributed by atoms with E-state index in [0.29, 0.717) is 17.2 Å². The van der Waals surface area contributed by atoms with Crippen molar-refractivity contribution in [1.29, 1.82) is 0 Å². The van der Waals surface area contributed by atoms with Gasteiger partial charge in [-0.15, -0.1) is 0 Å². The Morgan fingerprint density at radius 2 is 0.889 bits per heavy atom. The number of carboxylic acid groups (broad SMARTS) is 1. The van der Waals surface area contributed by atoms with E-state index in [9.17, 15) is 4.57 Å². The highest BCUT2D eigenvalue weighted by Gasteiger charge is 2.33. The Morgan fingerprint density at radius 1 is 0.667 bits per heavy atom. The molecular formula is C20H19O6P. The van der Waals surface area contributed by atoms with E-state index >= 15 is 0 Å². The summed E-state index contributed by atoms with van der Waals surface area (Å²) in [7, 11) is -3.89. The van der Waals surface area contributed by atoms with E-state index in [1.807, 2.05) is 18.2 Å². The fourth-order valence-corrected chi connectivity index (χ4v) is 3.14. The molecule has 0 saturated carbocycles. The topological polar surface area (TPSA) is 82.1 Å². The molecule has 0 atom stereocenters. The highest BCUT2D eigenvalue weighted by atomic mass is 31.2. The van der Waals surface area contributed by atoms with Crippen molar-refractivity contribution in [2.45, 2.75) is 6.92 Å². The molecular weight excluding hydrogens is 367 g/mol. The molecule has 0 aliphatic rings. The van der Waals surface area contributed by atoms with Gasteiger partial charge in [-0.3, -0.25) is 4.79 Å². The number of carbonyl (C=O) groups is 1. The maximum Gasteiger partial charge on any atom is 0.647 e. The van der Waals surface area contributed by atoms with Crippen molar-refractivity contribution in [2.24, 2.45) is 0 Å². The molecule has 27 heavy (non-hydrogen) atoms. The van der Waals surface area contributed by atoms with Gasteiger partial charge in [-0.2, -0.15) is 4.57 Å². The van der Waals surface area contributed by atoms with Crippen LogP contribution >= 0.6 is 7.82 Å². The number of hydrogen-bond acceptors (Lipinski definition) is 5. The molecule has 0 bridgehead atoms. The summed E-state index contributed by atoms with van der Waals surface area (Å²) in [5.74, 6) is 0.382. The minimum atomic E-state index is -3.89. The first-order chi connectivity index (χ1) is 13.0. The third-order valence-corrected chi connectivity index (χ3v) is 4.18. The first-order valence-corrected chi connectivity index (χ1v) is 9.46. The zero-order valence-corrected chi connectivity index (χ0v) is 15.5. The average molecular weight is 386 g/mol. The lowest BCUT2D eigenvalue weighted by Gasteiger charge is -2.19. The normalized spacial score (nSPS) is 10.1. The summed E-state index contributed by atoms with van der Waals surface area (Å²) in [6.45, 7) is 1.08. The van der Waals surface area contributed by atoms with Crippen molar-refractivity contribution in [1.82, 2.24) is 0 Å². The van der Waals surface area contributed by atoms with Crippen molar-refractivity contribution in [3.8, 4) is 17.2 Å². The standard InChI is InChI=1S/C18H15O4P.C2H4O2/c19-23(20-16-10-4-1-5-11-16,21-17-12-6-2-7-13-17)22-18-14-8-3-9-15-18;1-2(3)4/h1-15H;1H3,(H,3,4). The summed E-state index contributed by atoms with van der Waals surface area (Å²) in [6, 6.07) is 26.4. The summed E-state index contributed by atoms with van der Waals surface area (Å²) >= 11 is 0. The molecule has 0 aliphatic heterocycles.